The van der Waals surface area contributed by atoms with Gasteiger partial charge in [0.15, 0.2) is 5.76 Å². The quantitative estimate of drug-likeness (QED) is 0.280. The smallest absolute Gasteiger partial charge is 0.351 e. The monoisotopic (exact) mass is 480 g/mol. The summed E-state index contributed by atoms with van der Waals surface area (Å²) >= 11 is 3.45. The molecule has 7 heteroatoms. The Labute approximate surface area is 187 Å². The average Bonchev–Trinajstić information content (AvgIpc) is 3.09. The normalized spacial score (nSPS) is 13.5. The van der Waals surface area contributed by atoms with Crippen molar-refractivity contribution < 1.29 is 28.5 Å². The van der Waals surface area contributed by atoms with Crippen molar-refractivity contribution in [1.29, 1.82) is 0 Å². The maximum atomic E-state index is 12.8. The van der Waals surface area contributed by atoms with E-state index in [1.807, 2.05) is 24.3 Å². The van der Waals surface area contributed by atoms with Gasteiger partial charge in [-0.05, 0) is 42.0 Å². The third kappa shape index (κ3) is 4.04. The van der Waals surface area contributed by atoms with Crippen molar-refractivity contribution >= 4 is 33.8 Å². The third-order valence-corrected chi connectivity index (χ3v) is 5.40. The number of allylic oxidation sites excluding steroid dienone is 1. The zero-order valence-corrected chi connectivity index (χ0v) is 18.3. The van der Waals surface area contributed by atoms with Crippen LogP contribution in [0, 0.1) is 0 Å². The highest BCUT2D eigenvalue weighted by molar-refractivity contribution is 9.10. The summed E-state index contributed by atoms with van der Waals surface area (Å²) in [5.41, 5.74) is 1.38. The molecule has 31 heavy (non-hydrogen) atoms. The van der Waals surface area contributed by atoms with Crippen LogP contribution in [0.15, 0.2) is 70.9 Å². The molecular weight excluding hydrogens is 464 g/mol. The number of methoxy groups -OCH3 is 2. The molecule has 0 aliphatic carbocycles. The number of fused-ring (bicyclic) bond motifs is 1. The lowest BCUT2D eigenvalue weighted by Crippen LogP contribution is -2.12. The Morgan fingerprint density at radius 2 is 1.68 bits per heavy atom. The first-order chi connectivity index (χ1) is 15.0. The fourth-order valence-electron chi connectivity index (χ4n) is 3.17. The SMILES string of the molecule is COc1cccc(OC)c1C(=O)Oc1ccc2c(c1)O/C(=C\c1ccccc1Br)C2=O. The van der Waals surface area contributed by atoms with Crippen LogP contribution in [0.2, 0.25) is 0 Å². The molecule has 3 aromatic carbocycles. The van der Waals surface area contributed by atoms with Crippen molar-refractivity contribution in [3.63, 3.8) is 0 Å². The first-order valence-electron chi connectivity index (χ1n) is 9.28. The second-order valence-corrected chi connectivity index (χ2v) is 7.40. The first-order valence-corrected chi connectivity index (χ1v) is 10.1. The number of Topliss-reactive ketones (excluding diaryl/α,β-unsaturated/α-hetero) is 1. The summed E-state index contributed by atoms with van der Waals surface area (Å²) in [6, 6.07) is 17.1. The van der Waals surface area contributed by atoms with E-state index >= 15 is 0 Å². The number of halogens is 1. The molecule has 6 nitrogen and oxygen atoms in total. The lowest BCUT2D eigenvalue weighted by Gasteiger charge is -2.12. The molecule has 0 amide bonds. The summed E-state index contributed by atoms with van der Waals surface area (Å²) in [7, 11) is 2.92. The molecule has 0 radical (unpaired) electrons. The van der Waals surface area contributed by atoms with Crippen molar-refractivity contribution in [1.82, 2.24) is 0 Å². The molecule has 0 bridgehead atoms. The van der Waals surface area contributed by atoms with Crippen LogP contribution in [0.3, 0.4) is 0 Å². The Morgan fingerprint density at radius 1 is 0.968 bits per heavy atom. The zero-order chi connectivity index (χ0) is 22.0. The highest BCUT2D eigenvalue weighted by Crippen LogP contribution is 2.36. The van der Waals surface area contributed by atoms with Crippen LogP contribution in [-0.2, 0) is 0 Å². The van der Waals surface area contributed by atoms with Gasteiger partial charge >= 0.3 is 5.97 Å². The van der Waals surface area contributed by atoms with E-state index in [2.05, 4.69) is 15.9 Å². The van der Waals surface area contributed by atoms with Crippen LogP contribution in [0.4, 0.5) is 0 Å². The molecule has 0 saturated carbocycles. The highest BCUT2D eigenvalue weighted by Gasteiger charge is 2.29. The fourth-order valence-corrected chi connectivity index (χ4v) is 3.57. The van der Waals surface area contributed by atoms with E-state index in [1.165, 1.54) is 20.3 Å². The van der Waals surface area contributed by atoms with Gasteiger partial charge in [0, 0.05) is 10.5 Å². The summed E-state index contributed by atoms with van der Waals surface area (Å²) in [6.07, 6.45) is 1.66. The summed E-state index contributed by atoms with van der Waals surface area (Å²) in [6.45, 7) is 0. The molecule has 0 saturated heterocycles. The Kier molecular flexibility index (Phi) is 5.77. The second kappa shape index (κ2) is 8.65. The van der Waals surface area contributed by atoms with Gasteiger partial charge < -0.3 is 18.9 Å². The standard InChI is InChI=1S/C24H17BrO6/c1-28-18-8-5-9-19(29-2)22(18)24(27)30-15-10-11-16-20(13-15)31-21(23(16)26)12-14-6-3-4-7-17(14)25/h3-13H,1-2H3/b21-12-. The molecule has 4 rings (SSSR count). The number of carbonyl (C=O) groups is 2. The lowest BCUT2D eigenvalue weighted by molar-refractivity contribution is 0.0727. The number of benzene rings is 3. The minimum Gasteiger partial charge on any atom is -0.496 e. The van der Waals surface area contributed by atoms with E-state index in [1.54, 1.807) is 36.4 Å². The molecule has 0 atom stereocenters. The molecule has 0 N–H and O–H groups in total. The number of hydrogen-bond donors (Lipinski definition) is 0. The van der Waals surface area contributed by atoms with Crippen molar-refractivity contribution in [2.24, 2.45) is 0 Å². The van der Waals surface area contributed by atoms with Gasteiger partial charge in [0.05, 0.1) is 19.8 Å². The maximum absolute atomic E-state index is 12.8. The van der Waals surface area contributed by atoms with Crippen molar-refractivity contribution in [2.45, 2.75) is 0 Å². The predicted octanol–water partition coefficient (Wildman–Crippen LogP) is 5.30. The van der Waals surface area contributed by atoms with Crippen LogP contribution < -0.4 is 18.9 Å². The van der Waals surface area contributed by atoms with E-state index in [0.717, 1.165) is 10.0 Å². The van der Waals surface area contributed by atoms with Gasteiger partial charge in [-0.25, -0.2) is 4.79 Å². The lowest BCUT2D eigenvalue weighted by atomic mass is 10.1. The topological polar surface area (TPSA) is 71.1 Å². The summed E-state index contributed by atoms with van der Waals surface area (Å²) < 4.78 is 22.6. The Hall–Kier alpha value is -3.58. The zero-order valence-electron chi connectivity index (χ0n) is 16.7. The molecule has 0 spiro atoms. The van der Waals surface area contributed by atoms with Crippen molar-refractivity contribution in [3.8, 4) is 23.0 Å². The average molecular weight is 481 g/mol. The largest absolute Gasteiger partial charge is 0.496 e. The van der Waals surface area contributed by atoms with Gasteiger partial charge in [-0.3, -0.25) is 4.79 Å². The Morgan fingerprint density at radius 3 is 2.35 bits per heavy atom. The molecule has 1 aliphatic rings. The molecule has 3 aromatic rings. The van der Waals surface area contributed by atoms with Crippen LogP contribution in [0.5, 0.6) is 23.0 Å². The highest BCUT2D eigenvalue weighted by atomic mass is 79.9. The van der Waals surface area contributed by atoms with Crippen molar-refractivity contribution in [2.75, 3.05) is 14.2 Å². The summed E-state index contributed by atoms with van der Waals surface area (Å²) in [5, 5.41) is 0. The Bertz CT molecular complexity index is 1190. The molecular formula is C24H17BrO6. The van der Waals surface area contributed by atoms with Gasteiger partial charge in [-0.2, -0.15) is 0 Å². The van der Waals surface area contributed by atoms with Gasteiger partial charge in [-0.1, -0.05) is 40.2 Å². The van der Waals surface area contributed by atoms with E-state index in [4.69, 9.17) is 18.9 Å². The van der Waals surface area contributed by atoms with Crippen molar-refractivity contribution in [3.05, 3.63) is 87.6 Å². The third-order valence-electron chi connectivity index (χ3n) is 4.68. The Balaban J connectivity index is 1.60. The van der Waals surface area contributed by atoms with Crippen LogP contribution >= 0.6 is 15.9 Å². The van der Waals surface area contributed by atoms with Gasteiger partial charge in [0.1, 0.15) is 28.6 Å². The number of rotatable bonds is 5. The van der Waals surface area contributed by atoms with Crippen LogP contribution in [0.1, 0.15) is 26.3 Å². The minimum atomic E-state index is -0.650. The first kappa shape index (κ1) is 20.7. The number of esters is 1. The summed E-state index contributed by atoms with van der Waals surface area (Å²) in [5.74, 6) is 0.507. The molecule has 0 unspecified atom stereocenters. The molecule has 0 aromatic heterocycles. The van der Waals surface area contributed by atoms with Crippen LogP contribution in [0.25, 0.3) is 6.08 Å². The molecule has 156 valence electrons. The molecule has 1 heterocycles. The van der Waals surface area contributed by atoms with Gasteiger partial charge in [-0.15, -0.1) is 0 Å². The number of carbonyl (C=O) groups excluding carboxylic acids is 2. The van der Waals surface area contributed by atoms with E-state index < -0.39 is 5.97 Å². The van der Waals surface area contributed by atoms with E-state index in [0.29, 0.717) is 22.8 Å². The summed E-state index contributed by atoms with van der Waals surface area (Å²) in [4.78, 5) is 25.5. The predicted molar refractivity (Wildman–Crippen MR) is 118 cm³/mol. The molecule has 1 aliphatic heterocycles. The van der Waals surface area contributed by atoms with Gasteiger partial charge in [0.25, 0.3) is 0 Å². The number of hydrogen-bond acceptors (Lipinski definition) is 6. The van der Waals surface area contributed by atoms with Crippen LogP contribution in [-0.4, -0.2) is 26.0 Å². The van der Waals surface area contributed by atoms with E-state index in [-0.39, 0.29) is 22.9 Å². The second-order valence-electron chi connectivity index (χ2n) is 6.55. The number of ether oxygens (including phenoxy) is 4. The fraction of sp³-hybridized carbons (Fsp3) is 0.0833. The minimum absolute atomic E-state index is 0.166. The number of ketones is 1. The van der Waals surface area contributed by atoms with E-state index in [9.17, 15) is 9.59 Å². The van der Waals surface area contributed by atoms with Gasteiger partial charge in [0.2, 0.25) is 5.78 Å². The molecule has 0 fully saturated rings. The maximum Gasteiger partial charge on any atom is 0.351 e.